The van der Waals surface area contributed by atoms with Gasteiger partial charge in [-0.05, 0) is 38.5 Å². The summed E-state index contributed by atoms with van der Waals surface area (Å²) in [6.45, 7) is 5.33. The van der Waals surface area contributed by atoms with Gasteiger partial charge in [-0.15, -0.1) is 11.3 Å². The van der Waals surface area contributed by atoms with Gasteiger partial charge in [-0.1, -0.05) is 0 Å². The number of hydrogen-bond donors (Lipinski definition) is 3. The molecule has 178 valence electrons. The Kier molecular flexibility index (Phi) is 5.84. The number of ether oxygens (including phenoxy) is 1. The topological polar surface area (TPSA) is 149 Å². The van der Waals surface area contributed by atoms with Crippen LogP contribution in [0.15, 0.2) is 33.4 Å². The second-order valence-electron chi connectivity index (χ2n) is 7.95. The number of nitrogens with one attached hydrogen (secondary N) is 2. The second-order valence-corrected chi connectivity index (χ2v) is 10.7. The molecule has 4 aromatic rings. The van der Waals surface area contributed by atoms with Gasteiger partial charge in [0.05, 0.1) is 4.88 Å². The molecule has 4 N–H and O–H groups in total. The Morgan fingerprint density at radius 3 is 2.56 bits per heavy atom. The van der Waals surface area contributed by atoms with Crippen molar-refractivity contribution in [3.05, 3.63) is 57.3 Å². The van der Waals surface area contributed by atoms with Crippen molar-refractivity contribution in [2.24, 2.45) is 12.2 Å². The highest BCUT2D eigenvalue weighted by molar-refractivity contribution is 7.91. The van der Waals surface area contributed by atoms with Gasteiger partial charge in [-0.2, -0.15) is 0 Å². The lowest BCUT2D eigenvalue weighted by molar-refractivity contribution is 0.0959. The molecular formula is C22H23N5O5S2. The molecule has 0 unspecified atom stereocenters. The summed E-state index contributed by atoms with van der Waals surface area (Å²) in [4.78, 5) is 32.7. The van der Waals surface area contributed by atoms with Crippen molar-refractivity contribution >= 4 is 38.2 Å². The number of primary sulfonamides is 1. The molecule has 0 bridgehead atoms. The van der Waals surface area contributed by atoms with E-state index in [-0.39, 0.29) is 26.7 Å². The Bertz CT molecular complexity index is 1610. The molecule has 4 rings (SSSR count). The standard InChI is InChI=1S/C22H23N5O5S2/c1-10-6-11(2)25-16(7-10)32-18-12(3)22(34(23,30)31)33-19(18)14-9-27(5)21(29)17-13(14)8-15(26-17)20(28)24-4/h6-9,26H,1-5H3,(H,24,28)(H2,23,30,31). The Labute approximate surface area is 199 Å². The molecule has 0 saturated heterocycles. The second kappa shape index (κ2) is 8.38. The molecule has 4 heterocycles. The lowest BCUT2D eigenvalue weighted by Crippen LogP contribution is -2.19. The normalized spacial score (nSPS) is 11.7. The van der Waals surface area contributed by atoms with Crippen molar-refractivity contribution in [1.82, 2.24) is 19.9 Å². The molecule has 0 aliphatic rings. The molecule has 0 aromatic carbocycles. The monoisotopic (exact) mass is 501 g/mol. The molecule has 10 nitrogen and oxygen atoms in total. The summed E-state index contributed by atoms with van der Waals surface area (Å²) in [6.07, 6.45) is 1.58. The fraction of sp³-hybridized carbons (Fsp3) is 0.227. The molecule has 0 aliphatic carbocycles. The number of nitrogens with zero attached hydrogens (tertiary/aromatic N) is 2. The third-order valence-corrected chi connectivity index (χ3v) is 8.14. The van der Waals surface area contributed by atoms with Gasteiger partial charge in [0.2, 0.25) is 15.9 Å². The summed E-state index contributed by atoms with van der Waals surface area (Å²) in [7, 11) is -1.01. The molecule has 0 fully saturated rings. The number of sulfonamides is 1. The number of fused-ring (bicyclic) bond motifs is 1. The van der Waals surface area contributed by atoms with Gasteiger partial charge in [0.25, 0.3) is 11.5 Å². The van der Waals surface area contributed by atoms with E-state index < -0.39 is 15.9 Å². The fourth-order valence-corrected chi connectivity index (χ4v) is 6.01. The zero-order valence-corrected chi connectivity index (χ0v) is 20.8. The van der Waals surface area contributed by atoms with Gasteiger partial charge in [0, 0.05) is 48.6 Å². The summed E-state index contributed by atoms with van der Waals surface area (Å²) in [6, 6.07) is 5.18. The SMILES string of the molecule is CNC(=O)c1cc2c(-c3sc(S(N)(=O)=O)c(C)c3Oc3cc(C)cc(C)n3)cn(C)c(=O)c2[nH]1. The van der Waals surface area contributed by atoms with Crippen LogP contribution in [-0.2, 0) is 17.1 Å². The van der Waals surface area contributed by atoms with Crippen molar-refractivity contribution in [2.75, 3.05) is 7.05 Å². The number of H-pyrrole nitrogens is 1. The number of aromatic nitrogens is 3. The van der Waals surface area contributed by atoms with Crippen LogP contribution < -0.4 is 20.8 Å². The van der Waals surface area contributed by atoms with Crippen LogP contribution in [-0.4, -0.2) is 35.9 Å². The maximum absolute atomic E-state index is 12.8. The first-order valence-electron chi connectivity index (χ1n) is 10.1. The summed E-state index contributed by atoms with van der Waals surface area (Å²) in [5, 5.41) is 8.45. The summed E-state index contributed by atoms with van der Waals surface area (Å²) < 4.78 is 32.1. The van der Waals surface area contributed by atoms with Gasteiger partial charge in [-0.25, -0.2) is 18.5 Å². The Balaban J connectivity index is 2.04. The van der Waals surface area contributed by atoms with Crippen molar-refractivity contribution in [3.63, 3.8) is 0 Å². The van der Waals surface area contributed by atoms with Crippen molar-refractivity contribution < 1.29 is 17.9 Å². The third-order valence-electron chi connectivity index (χ3n) is 5.27. The number of aryl methyl sites for hydroxylation is 3. The highest BCUT2D eigenvalue weighted by atomic mass is 32.2. The quantitative estimate of drug-likeness (QED) is 0.383. The predicted octanol–water partition coefficient (Wildman–Crippen LogP) is 2.71. The van der Waals surface area contributed by atoms with E-state index in [2.05, 4.69) is 15.3 Å². The summed E-state index contributed by atoms with van der Waals surface area (Å²) in [5.74, 6) is 0.156. The molecule has 4 aromatic heterocycles. The Morgan fingerprint density at radius 1 is 1.24 bits per heavy atom. The average Bonchev–Trinajstić information content (AvgIpc) is 3.32. The minimum Gasteiger partial charge on any atom is -0.437 e. The van der Waals surface area contributed by atoms with Crippen LogP contribution in [0.5, 0.6) is 11.6 Å². The number of amides is 1. The number of rotatable bonds is 5. The number of aromatic amines is 1. The number of thiophene rings is 1. The Hall–Kier alpha value is -3.48. The average molecular weight is 502 g/mol. The molecule has 0 radical (unpaired) electrons. The van der Waals surface area contributed by atoms with E-state index in [1.165, 1.54) is 11.6 Å². The maximum atomic E-state index is 12.8. The van der Waals surface area contributed by atoms with Crippen molar-refractivity contribution in [2.45, 2.75) is 25.0 Å². The molecule has 1 amide bonds. The van der Waals surface area contributed by atoms with E-state index in [1.54, 1.807) is 32.3 Å². The largest absolute Gasteiger partial charge is 0.437 e. The minimum atomic E-state index is -4.06. The van der Waals surface area contributed by atoms with Crippen LogP contribution in [0.4, 0.5) is 0 Å². The molecule has 12 heteroatoms. The van der Waals surface area contributed by atoms with Gasteiger partial charge in [-0.3, -0.25) is 9.59 Å². The van der Waals surface area contributed by atoms with E-state index in [9.17, 15) is 18.0 Å². The van der Waals surface area contributed by atoms with Crippen molar-refractivity contribution in [1.29, 1.82) is 0 Å². The van der Waals surface area contributed by atoms with E-state index in [1.807, 2.05) is 19.9 Å². The molecule has 0 saturated carbocycles. The Morgan fingerprint density at radius 2 is 1.94 bits per heavy atom. The van der Waals surface area contributed by atoms with Crippen LogP contribution in [0.2, 0.25) is 0 Å². The highest BCUT2D eigenvalue weighted by Crippen LogP contribution is 2.47. The van der Waals surface area contributed by atoms with Gasteiger partial charge < -0.3 is 19.6 Å². The van der Waals surface area contributed by atoms with Crippen molar-refractivity contribution in [3.8, 4) is 22.1 Å². The molecule has 0 spiro atoms. The number of nitrogens with two attached hydrogens (primary N) is 1. The third kappa shape index (κ3) is 4.11. The summed E-state index contributed by atoms with van der Waals surface area (Å²) >= 11 is 0.931. The number of hydrogen-bond acceptors (Lipinski definition) is 7. The van der Waals surface area contributed by atoms with E-state index in [0.717, 1.165) is 22.6 Å². The van der Waals surface area contributed by atoms with E-state index >= 15 is 0 Å². The zero-order valence-electron chi connectivity index (χ0n) is 19.1. The fourth-order valence-electron chi connectivity index (χ4n) is 3.78. The smallest absolute Gasteiger partial charge is 0.274 e. The molecule has 0 aliphatic heterocycles. The van der Waals surface area contributed by atoms with Crippen LogP contribution in [0.25, 0.3) is 21.3 Å². The highest BCUT2D eigenvalue weighted by Gasteiger charge is 2.27. The minimum absolute atomic E-state index is 0.0639. The maximum Gasteiger partial charge on any atom is 0.274 e. The first-order valence-corrected chi connectivity index (χ1v) is 12.5. The van der Waals surface area contributed by atoms with Gasteiger partial charge in [0.15, 0.2) is 5.75 Å². The summed E-state index contributed by atoms with van der Waals surface area (Å²) in [5.41, 5.74) is 2.55. The molecule has 0 atom stereocenters. The van der Waals surface area contributed by atoms with E-state index in [0.29, 0.717) is 27.3 Å². The van der Waals surface area contributed by atoms with Crippen LogP contribution >= 0.6 is 11.3 Å². The lowest BCUT2D eigenvalue weighted by atomic mass is 10.1. The van der Waals surface area contributed by atoms with Crippen LogP contribution in [0.3, 0.4) is 0 Å². The predicted molar refractivity (Wildman–Crippen MR) is 130 cm³/mol. The first kappa shape index (κ1) is 23.7. The van der Waals surface area contributed by atoms with Crippen LogP contribution in [0.1, 0.15) is 27.3 Å². The number of carbonyl (C=O) groups excluding carboxylic acids is 1. The number of carbonyl (C=O) groups is 1. The van der Waals surface area contributed by atoms with Gasteiger partial charge in [0.1, 0.15) is 15.4 Å². The van der Waals surface area contributed by atoms with Crippen LogP contribution in [0, 0.1) is 20.8 Å². The first-order chi connectivity index (χ1) is 15.9. The van der Waals surface area contributed by atoms with Gasteiger partial charge >= 0.3 is 0 Å². The molecule has 34 heavy (non-hydrogen) atoms. The zero-order chi connectivity index (χ0) is 24.9. The molecular weight excluding hydrogens is 478 g/mol. The number of pyridine rings is 2. The lowest BCUT2D eigenvalue weighted by Gasteiger charge is -2.11. The van der Waals surface area contributed by atoms with E-state index in [4.69, 9.17) is 9.88 Å².